The summed E-state index contributed by atoms with van der Waals surface area (Å²) in [7, 11) is 0. The maximum atomic E-state index is 9.14. The molecule has 0 heterocycles. The van der Waals surface area contributed by atoms with E-state index in [2.05, 4.69) is 21.2 Å². The maximum absolute atomic E-state index is 9.14. The van der Waals surface area contributed by atoms with Gasteiger partial charge in [0.1, 0.15) is 0 Å². The van der Waals surface area contributed by atoms with Crippen LogP contribution in [0.5, 0.6) is 0 Å². The van der Waals surface area contributed by atoms with E-state index in [9.17, 15) is 0 Å². The van der Waals surface area contributed by atoms with Crippen LogP contribution in [0.1, 0.15) is 6.92 Å². The number of hydrogen-bond acceptors (Lipinski definition) is 3. The van der Waals surface area contributed by atoms with Crippen LogP contribution in [0.25, 0.3) is 0 Å². The predicted octanol–water partition coefficient (Wildman–Crippen LogP) is 2.51. The van der Waals surface area contributed by atoms with Gasteiger partial charge in [0.15, 0.2) is 0 Å². The summed E-state index contributed by atoms with van der Waals surface area (Å²) < 4.78 is 0.912. The SMILES string of the molecule is CC(CO)(CO)CNc1ccc(Br)cc1Cl. The maximum Gasteiger partial charge on any atom is 0.0648 e. The Balaban J connectivity index is 2.67. The Hall–Kier alpha value is -0.290. The molecular weight excluding hydrogens is 293 g/mol. The summed E-state index contributed by atoms with van der Waals surface area (Å²) >= 11 is 9.35. The zero-order chi connectivity index (χ0) is 12.2. The Labute approximate surface area is 109 Å². The van der Waals surface area contributed by atoms with Crippen LogP contribution in [0, 0.1) is 5.41 Å². The van der Waals surface area contributed by atoms with Crippen molar-refractivity contribution in [3.05, 3.63) is 27.7 Å². The number of rotatable bonds is 5. The third-order valence-electron chi connectivity index (χ3n) is 2.40. The van der Waals surface area contributed by atoms with Gasteiger partial charge in [-0.3, -0.25) is 0 Å². The van der Waals surface area contributed by atoms with Crippen LogP contribution in [-0.2, 0) is 0 Å². The highest BCUT2D eigenvalue weighted by molar-refractivity contribution is 9.10. The smallest absolute Gasteiger partial charge is 0.0648 e. The van der Waals surface area contributed by atoms with E-state index in [0.717, 1.165) is 10.2 Å². The topological polar surface area (TPSA) is 52.5 Å². The molecule has 5 heteroatoms. The Morgan fingerprint density at radius 3 is 2.50 bits per heavy atom. The highest BCUT2D eigenvalue weighted by Crippen LogP contribution is 2.26. The number of nitrogens with one attached hydrogen (secondary N) is 1. The molecule has 0 aromatic heterocycles. The fourth-order valence-corrected chi connectivity index (χ4v) is 1.84. The summed E-state index contributed by atoms with van der Waals surface area (Å²) in [4.78, 5) is 0. The molecule has 3 nitrogen and oxygen atoms in total. The molecule has 90 valence electrons. The lowest BCUT2D eigenvalue weighted by molar-refractivity contribution is 0.0806. The van der Waals surface area contributed by atoms with Crippen molar-refractivity contribution in [2.75, 3.05) is 25.1 Å². The molecule has 0 bridgehead atoms. The lowest BCUT2D eigenvalue weighted by atomic mass is 9.93. The van der Waals surface area contributed by atoms with E-state index >= 15 is 0 Å². The molecule has 0 aliphatic rings. The van der Waals surface area contributed by atoms with Gasteiger partial charge >= 0.3 is 0 Å². The molecule has 0 aliphatic carbocycles. The summed E-state index contributed by atoms with van der Waals surface area (Å²) in [5.41, 5.74) is 0.245. The molecule has 0 radical (unpaired) electrons. The monoisotopic (exact) mass is 307 g/mol. The van der Waals surface area contributed by atoms with E-state index in [0.29, 0.717) is 11.6 Å². The first-order chi connectivity index (χ1) is 7.50. The van der Waals surface area contributed by atoms with E-state index in [-0.39, 0.29) is 13.2 Å². The molecule has 0 spiro atoms. The average molecular weight is 309 g/mol. The second kappa shape index (κ2) is 5.87. The highest BCUT2D eigenvalue weighted by atomic mass is 79.9. The van der Waals surface area contributed by atoms with Crippen LogP contribution in [0.4, 0.5) is 5.69 Å². The molecule has 3 N–H and O–H groups in total. The van der Waals surface area contributed by atoms with Crippen LogP contribution >= 0.6 is 27.5 Å². The van der Waals surface area contributed by atoms with Gasteiger partial charge in [-0.15, -0.1) is 0 Å². The van der Waals surface area contributed by atoms with Gasteiger partial charge in [0.25, 0.3) is 0 Å². The molecule has 0 saturated carbocycles. The van der Waals surface area contributed by atoms with Crippen LogP contribution in [0.15, 0.2) is 22.7 Å². The minimum absolute atomic E-state index is 0.0787. The van der Waals surface area contributed by atoms with Gasteiger partial charge in [-0.05, 0) is 18.2 Å². The van der Waals surface area contributed by atoms with E-state index in [4.69, 9.17) is 21.8 Å². The molecule has 0 atom stereocenters. The van der Waals surface area contributed by atoms with Crippen molar-refractivity contribution >= 4 is 33.2 Å². The zero-order valence-corrected chi connectivity index (χ0v) is 11.3. The van der Waals surface area contributed by atoms with Gasteiger partial charge < -0.3 is 15.5 Å². The molecule has 0 aliphatic heterocycles. The first-order valence-corrected chi connectivity index (χ1v) is 6.08. The second-order valence-corrected chi connectivity index (χ2v) is 5.43. The fourth-order valence-electron chi connectivity index (χ4n) is 1.10. The van der Waals surface area contributed by atoms with Crippen molar-refractivity contribution in [1.82, 2.24) is 0 Å². The number of hydrogen-bond donors (Lipinski definition) is 3. The summed E-state index contributed by atoms with van der Waals surface area (Å²) in [6, 6.07) is 5.52. The summed E-state index contributed by atoms with van der Waals surface area (Å²) in [6.07, 6.45) is 0. The van der Waals surface area contributed by atoms with E-state index < -0.39 is 5.41 Å². The fraction of sp³-hybridized carbons (Fsp3) is 0.455. The quantitative estimate of drug-likeness (QED) is 0.783. The largest absolute Gasteiger partial charge is 0.396 e. The molecule has 0 fully saturated rings. The van der Waals surface area contributed by atoms with E-state index in [1.165, 1.54) is 0 Å². The highest BCUT2D eigenvalue weighted by Gasteiger charge is 2.22. The van der Waals surface area contributed by atoms with Gasteiger partial charge in [0, 0.05) is 16.4 Å². The van der Waals surface area contributed by atoms with Crippen molar-refractivity contribution in [1.29, 1.82) is 0 Å². The predicted molar refractivity (Wildman–Crippen MR) is 69.9 cm³/mol. The summed E-state index contributed by atoms with van der Waals surface area (Å²) in [5, 5.41) is 22.0. The number of aliphatic hydroxyl groups is 2. The molecule has 0 unspecified atom stereocenters. The zero-order valence-electron chi connectivity index (χ0n) is 9.00. The lowest BCUT2D eigenvalue weighted by Crippen LogP contribution is -2.34. The van der Waals surface area contributed by atoms with Crippen LogP contribution in [-0.4, -0.2) is 30.0 Å². The number of aliphatic hydroxyl groups excluding tert-OH is 2. The van der Waals surface area contributed by atoms with Crippen LogP contribution in [0.3, 0.4) is 0 Å². The van der Waals surface area contributed by atoms with Gasteiger partial charge in [0.05, 0.1) is 23.9 Å². The first kappa shape index (κ1) is 13.8. The third kappa shape index (κ3) is 3.63. The minimum atomic E-state index is -0.545. The number of anilines is 1. The molecule has 0 saturated heterocycles. The lowest BCUT2D eigenvalue weighted by Gasteiger charge is -2.25. The van der Waals surface area contributed by atoms with Crippen molar-refractivity contribution in [2.24, 2.45) is 5.41 Å². The van der Waals surface area contributed by atoms with Gasteiger partial charge in [-0.25, -0.2) is 0 Å². The van der Waals surface area contributed by atoms with Crippen LogP contribution < -0.4 is 5.32 Å². The number of benzene rings is 1. The van der Waals surface area contributed by atoms with Gasteiger partial charge in [-0.2, -0.15) is 0 Å². The molecule has 16 heavy (non-hydrogen) atoms. The minimum Gasteiger partial charge on any atom is -0.396 e. The van der Waals surface area contributed by atoms with Gasteiger partial charge in [0.2, 0.25) is 0 Å². The van der Waals surface area contributed by atoms with E-state index in [1.807, 2.05) is 12.1 Å². The normalized spacial score (nSPS) is 11.6. The standard InChI is InChI=1S/C11H15BrClNO2/c1-11(6-15,7-16)5-14-10-3-2-8(12)4-9(10)13/h2-4,14-16H,5-7H2,1H3. The van der Waals surface area contributed by atoms with Crippen molar-refractivity contribution < 1.29 is 10.2 Å². The van der Waals surface area contributed by atoms with E-state index in [1.54, 1.807) is 13.0 Å². The Kier molecular flexibility index (Phi) is 5.05. The van der Waals surface area contributed by atoms with Crippen molar-refractivity contribution in [3.8, 4) is 0 Å². The number of halogens is 2. The third-order valence-corrected chi connectivity index (χ3v) is 3.21. The van der Waals surface area contributed by atoms with Crippen LogP contribution in [0.2, 0.25) is 5.02 Å². The molecule has 0 amide bonds. The summed E-state index contributed by atoms with van der Waals surface area (Å²) in [6.45, 7) is 2.10. The average Bonchev–Trinajstić information content (AvgIpc) is 2.27. The summed E-state index contributed by atoms with van der Waals surface area (Å²) in [5.74, 6) is 0. The molecule has 1 aromatic rings. The first-order valence-electron chi connectivity index (χ1n) is 4.91. The molecule has 1 aromatic carbocycles. The second-order valence-electron chi connectivity index (χ2n) is 4.10. The van der Waals surface area contributed by atoms with Crippen molar-refractivity contribution in [2.45, 2.75) is 6.92 Å². The van der Waals surface area contributed by atoms with Gasteiger partial charge in [-0.1, -0.05) is 34.5 Å². The Bertz CT molecular complexity index is 356. The molecule has 1 rings (SSSR count). The Morgan fingerprint density at radius 2 is 2.00 bits per heavy atom. The van der Waals surface area contributed by atoms with Crippen molar-refractivity contribution in [3.63, 3.8) is 0 Å². The Morgan fingerprint density at radius 1 is 1.38 bits per heavy atom. The molecular formula is C11H15BrClNO2.